The summed E-state index contributed by atoms with van der Waals surface area (Å²) in [7, 11) is 0. The van der Waals surface area contributed by atoms with Crippen LogP contribution in [-0.2, 0) is 6.54 Å². The van der Waals surface area contributed by atoms with Gasteiger partial charge in [0.25, 0.3) is 0 Å². The Bertz CT molecular complexity index is 559. The monoisotopic (exact) mass is 280 g/mol. The fraction of sp³-hybridized carbons (Fsp3) is 0.300. The van der Waals surface area contributed by atoms with Crippen LogP contribution in [0.3, 0.4) is 0 Å². The van der Waals surface area contributed by atoms with Crippen molar-refractivity contribution in [3.8, 4) is 0 Å². The predicted octanol–water partition coefficient (Wildman–Crippen LogP) is 1.89. The van der Waals surface area contributed by atoms with E-state index in [1.54, 1.807) is 6.20 Å². The van der Waals surface area contributed by atoms with Gasteiger partial charge in [-0.25, -0.2) is 15.0 Å². The topological polar surface area (TPSA) is 106 Å². The molecule has 0 aliphatic carbocycles. The van der Waals surface area contributed by atoms with Crippen LogP contribution in [0.15, 0.2) is 17.9 Å². The Balaban J connectivity index is 2.23. The van der Waals surface area contributed by atoms with E-state index in [0.717, 1.165) is 5.01 Å². The van der Waals surface area contributed by atoms with Crippen LogP contribution in [0.5, 0.6) is 0 Å². The third-order valence-electron chi connectivity index (χ3n) is 2.24. The van der Waals surface area contributed by atoms with Crippen LogP contribution < -0.4 is 10.6 Å². The van der Waals surface area contributed by atoms with E-state index in [1.165, 1.54) is 17.7 Å². The number of nitrogens with one attached hydrogen (secondary N) is 2. The van der Waals surface area contributed by atoms with Crippen molar-refractivity contribution in [1.29, 1.82) is 0 Å². The fourth-order valence-electron chi connectivity index (χ4n) is 1.48. The van der Waals surface area contributed by atoms with Gasteiger partial charge in [-0.3, -0.25) is 10.1 Å². The van der Waals surface area contributed by atoms with Crippen molar-refractivity contribution in [3.63, 3.8) is 0 Å². The van der Waals surface area contributed by atoms with Crippen molar-refractivity contribution >= 4 is 28.7 Å². The average molecular weight is 280 g/mol. The van der Waals surface area contributed by atoms with Crippen LogP contribution in [0.25, 0.3) is 0 Å². The minimum absolute atomic E-state index is 0.152. The molecule has 0 bridgehead atoms. The van der Waals surface area contributed by atoms with E-state index in [-0.39, 0.29) is 17.3 Å². The summed E-state index contributed by atoms with van der Waals surface area (Å²) in [5, 5.41) is 19.5. The third-order valence-corrected chi connectivity index (χ3v) is 3.02. The van der Waals surface area contributed by atoms with Crippen LogP contribution >= 0.6 is 11.3 Å². The molecular formula is C10H12N6O2S. The van der Waals surface area contributed by atoms with Gasteiger partial charge in [0.15, 0.2) is 0 Å². The zero-order valence-electron chi connectivity index (χ0n) is 10.2. The number of hydrogen-bond acceptors (Lipinski definition) is 8. The lowest BCUT2D eigenvalue weighted by molar-refractivity contribution is -0.383. The Hall–Kier alpha value is -2.29. The summed E-state index contributed by atoms with van der Waals surface area (Å²) >= 11 is 1.47. The first-order valence-corrected chi connectivity index (χ1v) is 6.45. The van der Waals surface area contributed by atoms with Crippen molar-refractivity contribution < 1.29 is 4.92 Å². The highest BCUT2D eigenvalue weighted by atomic mass is 32.1. The maximum Gasteiger partial charge on any atom is 0.353 e. The van der Waals surface area contributed by atoms with E-state index in [9.17, 15) is 10.1 Å². The van der Waals surface area contributed by atoms with Crippen molar-refractivity contribution in [2.75, 3.05) is 17.2 Å². The number of aromatic nitrogens is 3. The first kappa shape index (κ1) is 13.1. The smallest absolute Gasteiger partial charge is 0.353 e. The molecule has 0 saturated carbocycles. The number of anilines is 2. The second kappa shape index (κ2) is 6.05. The van der Waals surface area contributed by atoms with Crippen LogP contribution in [0.2, 0.25) is 0 Å². The lowest BCUT2D eigenvalue weighted by atomic mass is 10.4. The average Bonchev–Trinajstić information content (AvgIpc) is 2.89. The molecule has 9 heteroatoms. The summed E-state index contributed by atoms with van der Waals surface area (Å²) in [4.78, 5) is 22.5. The Kier molecular flexibility index (Phi) is 4.18. The second-order valence-corrected chi connectivity index (χ2v) is 4.47. The molecule has 2 heterocycles. The Morgan fingerprint density at radius 1 is 1.32 bits per heavy atom. The zero-order chi connectivity index (χ0) is 13.7. The van der Waals surface area contributed by atoms with Gasteiger partial charge in [0.2, 0.25) is 11.6 Å². The van der Waals surface area contributed by atoms with Crippen LogP contribution in [0.4, 0.5) is 17.3 Å². The molecule has 0 fully saturated rings. The number of nitrogens with zero attached hydrogens (tertiary/aromatic N) is 4. The Morgan fingerprint density at radius 3 is 2.63 bits per heavy atom. The van der Waals surface area contributed by atoms with Crippen molar-refractivity contribution in [3.05, 3.63) is 33.0 Å². The van der Waals surface area contributed by atoms with E-state index in [1.807, 2.05) is 12.3 Å². The Morgan fingerprint density at radius 2 is 2.05 bits per heavy atom. The standard InChI is InChI=1S/C10H12N6O2S/c1-2-11-9-8(16(17)18)10(15-6-14-9)13-5-7-12-3-4-19-7/h3-4,6H,2,5H2,1H3,(H2,11,13,14,15). The molecule has 0 spiro atoms. The minimum Gasteiger partial charge on any atom is -0.364 e. The van der Waals surface area contributed by atoms with Gasteiger partial charge in [-0.1, -0.05) is 0 Å². The van der Waals surface area contributed by atoms with E-state index in [4.69, 9.17) is 0 Å². The summed E-state index contributed by atoms with van der Waals surface area (Å²) in [5.74, 6) is 0.398. The predicted molar refractivity (Wildman–Crippen MR) is 72.3 cm³/mol. The molecule has 2 aromatic rings. The zero-order valence-corrected chi connectivity index (χ0v) is 11.0. The molecule has 2 rings (SSSR count). The Labute approximate surface area is 113 Å². The summed E-state index contributed by atoms with van der Waals surface area (Å²) in [6.07, 6.45) is 2.97. The molecule has 0 atom stereocenters. The largest absolute Gasteiger partial charge is 0.364 e. The lowest BCUT2D eigenvalue weighted by Gasteiger charge is -2.07. The maximum atomic E-state index is 11.1. The molecule has 0 aliphatic rings. The summed E-state index contributed by atoms with van der Waals surface area (Å²) in [5.41, 5.74) is -0.152. The summed E-state index contributed by atoms with van der Waals surface area (Å²) in [6, 6.07) is 0. The fourth-order valence-corrected chi connectivity index (χ4v) is 2.03. The SMILES string of the molecule is CCNc1ncnc(NCc2nccs2)c1[N+](=O)[O-]. The van der Waals surface area contributed by atoms with Gasteiger partial charge in [-0.2, -0.15) is 0 Å². The van der Waals surface area contributed by atoms with Crippen LogP contribution in [-0.4, -0.2) is 26.4 Å². The normalized spacial score (nSPS) is 10.2. The highest BCUT2D eigenvalue weighted by Crippen LogP contribution is 2.28. The molecule has 0 amide bonds. The molecule has 0 saturated heterocycles. The van der Waals surface area contributed by atoms with Gasteiger partial charge in [-0.15, -0.1) is 11.3 Å². The highest BCUT2D eigenvalue weighted by molar-refractivity contribution is 7.09. The quantitative estimate of drug-likeness (QED) is 0.614. The maximum absolute atomic E-state index is 11.1. The van der Waals surface area contributed by atoms with E-state index in [2.05, 4.69) is 25.6 Å². The molecular weight excluding hydrogens is 268 g/mol. The van der Waals surface area contributed by atoms with Gasteiger partial charge < -0.3 is 10.6 Å². The van der Waals surface area contributed by atoms with Gasteiger partial charge >= 0.3 is 5.69 Å². The molecule has 19 heavy (non-hydrogen) atoms. The summed E-state index contributed by atoms with van der Waals surface area (Å²) in [6.45, 7) is 2.78. The molecule has 2 aromatic heterocycles. The third kappa shape index (κ3) is 3.13. The number of hydrogen-bond donors (Lipinski definition) is 2. The van der Waals surface area contributed by atoms with Crippen LogP contribution in [0.1, 0.15) is 11.9 Å². The van der Waals surface area contributed by atoms with E-state index >= 15 is 0 Å². The molecule has 0 radical (unpaired) electrons. The second-order valence-electron chi connectivity index (χ2n) is 3.49. The van der Waals surface area contributed by atoms with Crippen molar-refractivity contribution in [1.82, 2.24) is 15.0 Å². The first-order chi connectivity index (χ1) is 9.22. The van der Waals surface area contributed by atoms with Crippen molar-refractivity contribution in [2.24, 2.45) is 0 Å². The molecule has 2 N–H and O–H groups in total. The highest BCUT2D eigenvalue weighted by Gasteiger charge is 2.22. The number of thiazole rings is 1. The van der Waals surface area contributed by atoms with E-state index in [0.29, 0.717) is 13.1 Å². The molecule has 100 valence electrons. The molecule has 0 aromatic carbocycles. The van der Waals surface area contributed by atoms with Gasteiger partial charge in [-0.05, 0) is 6.92 Å². The van der Waals surface area contributed by atoms with E-state index < -0.39 is 4.92 Å². The van der Waals surface area contributed by atoms with Gasteiger partial charge in [0.05, 0.1) is 11.5 Å². The van der Waals surface area contributed by atoms with Crippen LogP contribution in [0, 0.1) is 10.1 Å². The molecule has 0 aliphatic heterocycles. The summed E-state index contributed by atoms with van der Waals surface area (Å²) < 4.78 is 0. The number of nitro groups is 1. The molecule has 0 unspecified atom stereocenters. The van der Waals surface area contributed by atoms with Crippen molar-refractivity contribution in [2.45, 2.75) is 13.5 Å². The first-order valence-electron chi connectivity index (χ1n) is 5.58. The molecule has 8 nitrogen and oxygen atoms in total. The van der Waals surface area contributed by atoms with Gasteiger partial charge in [0, 0.05) is 18.1 Å². The van der Waals surface area contributed by atoms with Gasteiger partial charge in [0.1, 0.15) is 11.3 Å². The lowest BCUT2D eigenvalue weighted by Crippen LogP contribution is -2.09. The number of rotatable bonds is 6. The minimum atomic E-state index is -0.498.